The summed E-state index contributed by atoms with van der Waals surface area (Å²) in [6.07, 6.45) is 6.26. The summed E-state index contributed by atoms with van der Waals surface area (Å²) < 4.78 is 1.59. The lowest BCUT2D eigenvalue weighted by Gasteiger charge is -2.21. The van der Waals surface area contributed by atoms with Crippen molar-refractivity contribution in [2.75, 3.05) is 6.54 Å². The summed E-state index contributed by atoms with van der Waals surface area (Å²) in [5.74, 6) is -0.323. The molecule has 0 spiro atoms. The number of aromatic nitrogens is 2. The lowest BCUT2D eigenvalue weighted by Crippen LogP contribution is -2.37. The predicted octanol–water partition coefficient (Wildman–Crippen LogP) is 1.33. The van der Waals surface area contributed by atoms with Crippen molar-refractivity contribution in [3.8, 4) is 6.07 Å². The molecule has 1 heterocycles. The molecule has 0 aliphatic carbocycles. The first-order valence-corrected chi connectivity index (χ1v) is 7.08. The standard InChI is InChI=1S/C17H18N4O2/c1-17(23,15-10-20-21(2)11-15)12-19-16(22)7-6-13-4-3-5-14(8-13)9-18/h3-8,10-11,23H,12H2,1-2H3,(H,19,22)/b7-6+/t17-/m0/s1. The monoisotopic (exact) mass is 310 g/mol. The van der Waals surface area contributed by atoms with Crippen LogP contribution in [0.2, 0.25) is 0 Å². The van der Waals surface area contributed by atoms with E-state index >= 15 is 0 Å². The molecule has 0 bridgehead atoms. The molecule has 6 heteroatoms. The average molecular weight is 310 g/mol. The van der Waals surface area contributed by atoms with E-state index < -0.39 is 5.60 Å². The summed E-state index contributed by atoms with van der Waals surface area (Å²) in [6.45, 7) is 1.69. The zero-order valence-electron chi connectivity index (χ0n) is 13.0. The Labute approximate surface area is 134 Å². The number of rotatable bonds is 5. The van der Waals surface area contributed by atoms with Gasteiger partial charge in [-0.3, -0.25) is 9.48 Å². The smallest absolute Gasteiger partial charge is 0.244 e. The Bertz CT molecular complexity index is 769. The van der Waals surface area contributed by atoms with Crippen molar-refractivity contribution in [2.45, 2.75) is 12.5 Å². The number of nitriles is 1. The SMILES string of the molecule is Cn1cc([C@@](C)(O)CNC(=O)/C=C/c2cccc(C#N)c2)cn1. The van der Waals surface area contributed by atoms with Gasteiger partial charge >= 0.3 is 0 Å². The molecule has 1 atom stereocenters. The highest BCUT2D eigenvalue weighted by Crippen LogP contribution is 2.18. The first-order chi connectivity index (χ1) is 10.9. The molecular formula is C17H18N4O2. The lowest BCUT2D eigenvalue weighted by atomic mass is 10.00. The number of carbonyl (C=O) groups excluding carboxylic acids is 1. The van der Waals surface area contributed by atoms with Crippen molar-refractivity contribution in [3.63, 3.8) is 0 Å². The normalized spacial score (nSPS) is 13.5. The van der Waals surface area contributed by atoms with Crippen LogP contribution in [-0.4, -0.2) is 27.3 Å². The van der Waals surface area contributed by atoms with Crippen LogP contribution in [-0.2, 0) is 17.4 Å². The van der Waals surface area contributed by atoms with E-state index in [0.717, 1.165) is 5.56 Å². The van der Waals surface area contributed by atoms with E-state index in [2.05, 4.69) is 10.4 Å². The highest BCUT2D eigenvalue weighted by molar-refractivity contribution is 5.91. The zero-order valence-corrected chi connectivity index (χ0v) is 13.0. The first kappa shape index (κ1) is 16.5. The van der Waals surface area contributed by atoms with Crippen molar-refractivity contribution in [2.24, 2.45) is 7.05 Å². The third-order valence-corrected chi connectivity index (χ3v) is 3.38. The van der Waals surface area contributed by atoms with Gasteiger partial charge in [-0.2, -0.15) is 10.4 Å². The Morgan fingerprint density at radius 2 is 2.35 bits per heavy atom. The predicted molar refractivity (Wildman–Crippen MR) is 86.0 cm³/mol. The Kier molecular flexibility index (Phi) is 4.94. The number of benzene rings is 1. The third-order valence-electron chi connectivity index (χ3n) is 3.38. The maximum Gasteiger partial charge on any atom is 0.244 e. The van der Waals surface area contributed by atoms with Crippen molar-refractivity contribution in [1.82, 2.24) is 15.1 Å². The number of hydrogen-bond acceptors (Lipinski definition) is 4. The molecule has 1 amide bonds. The van der Waals surface area contributed by atoms with Crippen LogP contribution in [0.3, 0.4) is 0 Å². The minimum atomic E-state index is -1.20. The summed E-state index contributed by atoms with van der Waals surface area (Å²) in [5.41, 5.74) is 0.731. The molecule has 1 aromatic carbocycles. The Hall–Kier alpha value is -2.91. The minimum absolute atomic E-state index is 0.0695. The lowest BCUT2D eigenvalue weighted by molar-refractivity contribution is -0.117. The molecule has 23 heavy (non-hydrogen) atoms. The molecule has 6 nitrogen and oxygen atoms in total. The second-order valence-corrected chi connectivity index (χ2v) is 5.46. The van der Waals surface area contributed by atoms with Gasteiger partial charge in [-0.1, -0.05) is 12.1 Å². The van der Waals surface area contributed by atoms with Crippen LogP contribution in [0.15, 0.2) is 42.7 Å². The van der Waals surface area contributed by atoms with Gasteiger partial charge in [-0.15, -0.1) is 0 Å². The van der Waals surface area contributed by atoms with Crippen LogP contribution < -0.4 is 5.32 Å². The molecule has 118 valence electrons. The summed E-state index contributed by atoms with van der Waals surface area (Å²) in [4.78, 5) is 11.9. The first-order valence-electron chi connectivity index (χ1n) is 7.08. The van der Waals surface area contributed by atoms with Crippen LogP contribution in [0, 0.1) is 11.3 Å². The molecule has 0 saturated heterocycles. The number of amides is 1. The molecule has 2 rings (SSSR count). The summed E-state index contributed by atoms with van der Waals surface area (Å²) in [5, 5.41) is 25.9. The summed E-state index contributed by atoms with van der Waals surface area (Å²) >= 11 is 0. The van der Waals surface area contributed by atoms with E-state index in [9.17, 15) is 9.90 Å². The van der Waals surface area contributed by atoms with Crippen molar-refractivity contribution in [1.29, 1.82) is 5.26 Å². The molecule has 0 radical (unpaired) electrons. The van der Waals surface area contributed by atoms with Crippen molar-refractivity contribution in [3.05, 3.63) is 59.4 Å². The molecule has 0 unspecified atom stereocenters. The van der Waals surface area contributed by atoms with Gasteiger partial charge in [0.15, 0.2) is 0 Å². The second-order valence-electron chi connectivity index (χ2n) is 5.46. The Balaban J connectivity index is 1.94. The van der Waals surface area contributed by atoms with Crippen molar-refractivity contribution >= 4 is 12.0 Å². The highest BCUT2D eigenvalue weighted by atomic mass is 16.3. The topological polar surface area (TPSA) is 90.9 Å². The van der Waals surface area contributed by atoms with E-state index in [4.69, 9.17) is 5.26 Å². The Morgan fingerprint density at radius 3 is 3.00 bits per heavy atom. The van der Waals surface area contributed by atoms with Crippen LogP contribution in [0.4, 0.5) is 0 Å². The van der Waals surface area contributed by atoms with Crippen LogP contribution in [0.1, 0.15) is 23.6 Å². The minimum Gasteiger partial charge on any atom is -0.383 e. The molecule has 0 aliphatic heterocycles. The zero-order chi connectivity index (χ0) is 16.9. The number of carbonyl (C=O) groups is 1. The average Bonchev–Trinajstić information content (AvgIpc) is 2.98. The van der Waals surface area contributed by atoms with E-state index in [-0.39, 0.29) is 12.5 Å². The van der Waals surface area contributed by atoms with E-state index in [1.165, 1.54) is 6.08 Å². The van der Waals surface area contributed by atoms with E-state index in [1.807, 2.05) is 6.07 Å². The largest absolute Gasteiger partial charge is 0.383 e. The van der Waals surface area contributed by atoms with Gasteiger partial charge in [-0.25, -0.2) is 0 Å². The quantitative estimate of drug-likeness (QED) is 0.815. The number of aliphatic hydroxyl groups is 1. The van der Waals surface area contributed by atoms with Gasteiger partial charge < -0.3 is 10.4 Å². The van der Waals surface area contributed by atoms with Gasteiger partial charge in [-0.05, 0) is 30.7 Å². The van der Waals surface area contributed by atoms with Gasteiger partial charge in [0, 0.05) is 24.9 Å². The molecule has 0 aliphatic rings. The summed E-state index contributed by atoms with van der Waals surface area (Å²) in [7, 11) is 1.76. The fourth-order valence-corrected chi connectivity index (χ4v) is 2.00. The van der Waals surface area contributed by atoms with E-state index in [1.54, 1.807) is 61.4 Å². The van der Waals surface area contributed by atoms with Gasteiger partial charge in [0.2, 0.25) is 5.91 Å². The van der Waals surface area contributed by atoms with Gasteiger partial charge in [0.25, 0.3) is 0 Å². The molecule has 2 N–H and O–H groups in total. The number of hydrogen-bond donors (Lipinski definition) is 2. The number of nitrogens with zero attached hydrogens (tertiary/aromatic N) is 3. The fourth-order valence-electron chi connectivity index (χ4n) is 2.00. The molecule has 1 aromatic heterocycles. The van der Waals surface area contributed by atoms with Gasteiger partial charge in [0.1, 0.15) is 5.60 Å². The van der Waals surface area contributed by atoms with Gasteiger partial charge in [0.05, 0.1) is 24.4 Å². The van der Waals surface area contributed by atoms with E-state index in [0.29, 0.717) is 11.1 Å². The summed E-state index contributed by atoms with van der Waals surface area (Å²) in [6, 6.07) is 8.99. The van der Waals surface area contributed by atoms with Crippen LogP contribution in [0.25, 0.3) is 6.08 Å². The second kappa shape index (κ2) is 6.90. The fraction of sp³-hybridized carbons (Fsp3) is 0.235. The molecule has 0 fully saturated rings. The highest BCUT2D eigenvalue weighted by Gasteiger charge is 2.24. The van der Waals surface area contributed by atoms with Crippen molar-refractivity contribution < 1.29 is 9.90 Å². The van der Waals surface area contributed by atoms with Crippen LogP contribution >= 0.6 is 0 Å². The number of nitrogens with one attached hydrogen (secondary N) is 1. The number of aryl methyl sites for hydroxylation is 1. The third kappa shape index (κ3) is 4.53. The Morgan fingerprint density at radius 1 is 1.57 bits per heavy atom. The molecule has 0 saturated carbocycles. The van der Waals surface area contributed by atoms with Crippen LogP contribution in [0.5, 0.6) is 0 Å². The molecular weight excluding hydrogens is 292 g/mol. The molecule has 2 aromatic rings. The maximum atomic E-state index is 11.9. The maximum absolute atomic E-state index is 11.9.